The fourth-order valence-corrected chi connectivity index (χ4v) is 5.81. The predicted octanol–water partition coefficient (Wildman–Crippen LogP) is 4.84. The topological polar surface area (TPSA) is 44.0 Å². The van der Waals surface area contributed by atoms with Crippen molar-refractivity contribution in [2.45, 2.75) is 45.6 Å². The van der Waals surface area contributed by atoms with Crippen molar-refractivity contribution >= 4 is 21.6 Å². The standard InChI is InChI=1S/C25H23FN2O2S/c1-2-16-10-12-19(13-11-16)28-23(29)22-20-8-3-4-9-21(20)31-24(22)27(25(28)30)15-17-6-5-7-18(26)14-17/h5-7,10-14H,2-4,8-9,15H2,1H3. The van der Waals surface area contributed by atoms with Crippen molar-refractivity contribution in [3.05, 3.63) is 96.8 Å². The summed E-state index contributed by atoms with van der Waals surface area (Å²) in [5.74, 6) is -0.337. The van der Waals surface area contributed by atoms with E-state index >= 15 is 0 Å². The van der Waals surface area contributed by atoms with E-state index < -0.39 is 0 Å². The Bertz CT molecular complexity index is 1400. The molecule has 0 bridgehead atoms. The first-order valence-corrected chi connectivity index (χ1v) is 11.5. The van der Waals surface area contributed by atoms with Crippen LogP contribution in [-0.4, -0.2) is 9.13 Å². The Morgan fingerprint density at radius 3 is 2.52 bits per heavy atom. The molecular formula is C25H23FN2O2S. The average Bonchev–Trinajstić information content (AvgIpc) is 3.17. The van der Waals surface area contributed by atoms with Crippen LogP contribution in [-0.2, 0) is 25.8 Å². The quantitative estimate of drug-likeness (QED) is 0.461. The zero-order chi connectivity index (χ0) is 21.5. The highest BCUT2D eigenvalue weighted by Gasteiger charge is 2.24. The Kier molecular flexibility index (Phi) is 5.10. The summed E-state index contributed by atoms with van der Waals surface area (Å²) in [6.45, 7) is 2.29. The second-order valence-corrected chi connectivity index (χ2v) is 9.13. The monoisotopic (exact) mass is 434 g/mol. The Morgan fingerprint density at radius 1 is 1.00 bits per heavy atom. The number of aromatic nitrogens is 2. The molecule has 0 spiro atoms. The van der Waals surface area contributed by atoms with Crippen molar-refractivity contribution in [2.24, 2.45) is 0 Å². The van der Waals surface area contributed by atoms with Crippen molar-refractivity contribution < 1.29 is 4.39 Å². The lowest BCUT2D eigenvalue weighted by atomic mass is 9.97. The number of hydrogen-bond donors (Lipinski definition) is 0. The van der Waals surface area contributed by atoms with E-state index in [0.29, 0.717) is 21.5 Å². The number of rotatable bonds is 4. The Balaban J connectivity index is 1.80. The normalized spacial score (nSPS) is 13.5. The summed E-state index contributed by atoms with van der Waals surface area (Å²) in [7, 11) is 0. The molecule has 6 heteroatoms. The molecule has 2 aromatic carbocycles. The van der Waals surface area contributed by atoms with Crippen LogP contribution in [0.1, 0.15) is 41.3 Å². The van der Waals surface area contributed by atoms with Gasteiger partial charge in [0.1, 0.15) is 10.6 Å². The van der Waals surface area contributed by atoms with Gasteiger partial charge < -0.3 is 0 Å². The lowest BCUT2D eigenvalue weighted by Crippen LogP contribution is -2.39. The van der Waals surface area contributed by atoms with Crippen molar-refractivity contribution in [1.29, 1.82) is 0 Å². The molecule has 1 aliphatic rings. The Morgan fingerprint density at radius 2 is 1.77 bits per heavy atom. The highest BCUT2D eigenvalue weighted by Crippen LogP contribution is 2.34. The van der Waals surface area contributed by atoms with Gasteiger partial charge in [-0.1, -0.05) is 31.2 Å². The molecule has 0 aliphatic heterocycles. The number of fused-ring (bicyclic) bond motifs is 3. The number of benzene rings is 2. The number of hydrogen-bond acceptors (Lipinski definition) is 3. The molecule has 1 aliphatic carbocycles. The SMILES string of the molecule is CCc1ccc(-n2c(=O)c3c4c(sc3n(Cc3cccc(F)c3)c2=O)CCCC4)cc1. The molecule has 0 amide bonds. The summed E-state index contributed by atoms with van der Waals surface area (Å²) in [5.41, 5.74) is 2.86. The van der Waals surface area contributed by atoms with Crippen LogP contribution >= 0.6 is 11.3 Å². The molecule has 0 unspecified atom stereocenters. The second kappa shape index (κ2) is 7.93. The fraction of sp³-hybridized carbons (Fsp3) is 0.280. The minimum absolute atomic E-state index is 0.222. The summed E-state index contributed by atoms with van der Waals surface area (Å²) >= 11 is 1.54. The van der Waals surface area contributed by atoms with Gasteiger partial charge in [0.2, 0.25) is 0 Å². The molecule has 4 nitrogen and oxygen atoms in total. The first-order chi connectivity index (χ1) is 15.1. The molecule has 0 fully saturated rings. The third-order valence-corrected chi connectivity index (χ3v) is 7.38. The molecule has 2 aromatic heterocycles. The van der Waals surface area contributed by atoms with E-state index in [-0.39, 0.29) is 23.6 Å². The maximum Gasteiger partial charge on any atom is 0.337 e. The zero-order valence-electron chi connectivity index (χ0n) is 17.4. The summed E-state index contributed by atoms with van der Waals surface area (Å²) in [5, 5.41) is 0.648. The Labute approximate surface area is 183 Å². The van der Waals surface area contributed by atoms with Crippen LogP contribution in [0.3, 0.4) is 0 Å². The molecular weight excluding hydrogens is 411 g/mol. The first-order valence-electron chi connectivity index (χ1n) is 10.7. The smallest absolute Gasteiger partial charge is 0.279 e. The lowest BCUT2D eigenvalue weighted by Gasteiger charge is -2.14. The summed E-state index contributed by atoms with van der Waals surface area (Å²) in [6.07, 6.45) is 4.83. The molecule has 5 rings (SSSR count). The third-order valence-electron chi connectivity index (χ3n) is 6.07. The van der Waals surface area contributed by atoms with Gasteiger partial charge in [0.15, 0.2) is 0 Å². The zero-order valence-corrected chi connectivity index (χ0v) is 18.2. The van der Waals surface area contributed by atoms with E-state index in [2.05, 4.69) is 6.92 Å². The molecule has 2 heterocycles. The second-order valence-electron chi connectivity index (χ2n) is 8.05. The number of aryl methyl sites for hydroxylation is 3. The van der Waals surface area contributed by atoms with Crippen molar-refractivity contribution in [3.63, 3.8) is 0 Å². The molecule has 0 atom stereocenters. The van der Waals surface area contributed by atoms with Gasteiger partial charge in [-0.25, -0.2) is 13.8 Å². The summed E-state index contributed by atoms with van der Waals surface area (Å²) in [6, 6.07) is 13.8. The van der Waals surface area contributed by atoms with Gasteiger partial charge in [-0.3, -0.25) is 9.36 Å². The largest absolute Gasteiger partial charge is 0.337 e. The maximum atomic E-state index is 13.8. The van der Waals surface area contributed by atoms with E-state index in [1.807, 2.05) is 24.3 Å². The van der Waals surface area contributed by atoms with E-state index in [4.69, 9.17) is 0 Å². The minimum atomic E-state index is -0.385. The third kappa shape index (κ3) is 3.45. The summed E-state index contributed by atoms with van der Waals surface area (Å²) < 4.78 is 16.7. The fourth-order valence-electron chi connectivity index (χ4n) is 4.43. The summed E-state index contributed by atoms with van der Waals surface area (Å²) in [4.78, 5) is 29.1. The number of thiophene rings is 1. The van der Waals surface area contributed by atoms with Crippen LogP contribution in [0.25, 0.3) is 15.9 Å². The molecule has 4 aromatic rings. The van der Waals surface area contributed by atoms with Gasteiger partial charge in [-0.05, 0) is 73.1 Å². The van der Waals surface area contributed by atoms with Crippen molar-refractivity contribution in [1.82, 2.24) is 9.13 Å². The van der Waals surface area contributed by atoms with Crippen LogP contribution < -0.4 is 11.2 Å². The maximum absolute atomic E-state index is 13.8. The van der Waals surface area contributed by atoms with Crippen LogP contribution in [0.5, 0.6) is 0 Å². The molecule has 0 radical (unpaired) electrons. The van der Waals surface area contributed by atoms with E-state index in [1.54, 1.807) is 28.0 Å². The van der Waals surface area contributed by atoms with Gasteiger partial charge in [0, 0.05) is 4.88 Å². The predicted molar refractivity (Wildman–Crippen MR) is 123 cm³/mol. The molecule has 0 N–H and O–H groups in total. The number of nitrogens with zero attached hydrogens (tertiary/aromatic N) is 2. The lowest BCUT2D eigenvalue weighted by molar-refractivity contribution is 0.622. The van der Waals surface area contributed by atoms with Crippen LogP contribution in [0, 0.1) is 5.82 Å². The van der Waals surface area contributed by atoms with Gasteiger partial charge in [0.25, 0.3) is 5.56 Å². The van der Waals surface area contributed by atoms with Gasteiger partial charge in [0.05, 0.1) is 17.6 Å². The van der Waals surface area contributed by atoms with Gasteiger partial charge >= 0.3 is 5.69 Å². The van der Waals surface area contributed by atoms with Crippen LogP contribution in [0.15, 0.2) is 58.1 Å². The molecule has 158 valence electrons. The number of halogens is 1. The Hall–Kier alpha value is -2.99. The van der Waals surface area contributed by atoms with Crippen LogP contribution in [0.2, 0.25) is 0 Å². The van der Waals surface area contributed by atoms with Gasteiger partial charge in [-0.15, -0.1) is 11.3 Å². The van der Waals surface area contributed by atoms with Crippen molar-refractivity contribution in [3.8, 4) is 5.69 Å². The van der Waals surface area contributed by atoms with E-state index in [0.717, 1.165) is 43.2 Å². The minimum Gasteiger partial charge on any atom is -0.279 e. The van der Waals surface area contributed by atoms with Crippen molar-refractivity contribution in [2.75, 3.05) is 0 Å². The highest BCUT2D eigenvalue weighted by atomic mass is 32.1. The van der Waals surface area contributed by atoms with Gasteiger partial charge in [-0.2, -0.15) is 0 Å². The van der Waals surface area contributed by atoms with Crippen LogP contribution in [0.4, 0.5) is 4.39 Å². The average molecular weight is 435 g/mol. The highest BCUT2D eigenvalue weighted by molar-refractivity contribution is 7.18. The molecule has 0 saturated heterocycles. The first kappa shape index (κ1) is 19.9. The molecule has 0 saturated carbocycles. The van der Waals surface area contributed by atoms with E-state index in [9.17, 15) is 14.0 Å². The molecule has 31 heavy (non-hydrogen) atoms. The van der Waals surface area contributed by atoms with E-state index in [1.165, 1.54) is 21.6 Å².